The molecule has 0 radical (unpaired) electrons. The fraction of sp³-hybridized carbons (Fsp3) is 0.333. The number of nitrogens with zero attached hydrogens (tertiary/aromatic N) is 2. The number of rotatable bonds is 4. The van der Waals surface area contributed by atoms with Crippen LogP contribution in [-0.4, -0.2) is 21.5 Å². The third kappa shape index (κ3) is 2.68. The Hall–Kier alpha value is -1.33. The van der Waals surface area contributed by atoms with Crippen molar-refractivity contribution in [2.75, 3.05) is 6.26 Å². The summed E-state index contributed by atoms with van der Waals surface area (Å²) in [4.78, 5) is 5.35. The molecule has 1 N–H and O–H groups in total. The number of aromatic nitrogens is 2. The molecule has 0 aliphatic carbocycles. The number of hydrogen-bond donors (Lipinski definition) is 1. The highest BCUT2D eigenvalue weighted by atomic mass is 32.2. The van der Waals surface area contributed by atoms with E-state index in [2.05, 4.69) is 10.1 Å². The van der Waals surface area contributed by atoms with Crippen molar-refractivity contribution in [2.45, 2.75) is 24.3 Å². The highest BCUT2D eigenvalue weighted by Gasteiger charge is 2.14. The van der Waals surface area contributed by atoms with Gasteiger partial charge in [0.25, 0.3) is 5.89 Å². The predicted octanol–water partition coefficient (Wildman–Crippen LogP) is 2.90. The minimum Gasteiger partial charge on any atom is -0.385 e. The molecule has 1 heterocycles. The van der Waals surface area contributed by atoms with E-state index >= 15 is 0 Å². The summed E-state index contributed by atoms with van der Waals surface area (Å²) >= 11 is 1.68. The van der Waals surface area contributed by atoms with Gasteiger partial charge in [-0.1, -0.05) is 12.1 Å². The smallest absolute Gasteiger partial charge is 0.258 e. The molecule has 0 aliphatic rings. The standard InChI is InChI=1S/C12H14N2O2S/c1-3-10(15)11-13-12(16-14-11)8-4-6-9(17-2)7-5-8/h4-7,10,15H,3H2,1-2H3. The summed E-state index contributed by atoms with van der Waals surface area (Å²) in [5.74, 6) is 0.789. The summed E-state index contributed by atoms with van der Waals surface area (Å²) < 4.78 is 5.12. The van der Waals surface area contributed by atoms with Gasteiger partial charge in [-0.15, -0.1) is 11.8 Å². The molecule has 0 saturated carbocycles. The molecule has 0 spiro atoms. The molecule has 1 aromatic carbocycles. The highest BCUT2D eigenvalue weighted by molar-refractivity contribution is 7.98. The van der Waals surface area contributed by atoms with Crippen molar-refractivity contribution in [1.82, 2.24) is 10.1 Å². The van der Waals surface area contributed by atoms with Crippen molar-refractivity contribution in [3.05, 3.63) is 30.1 Å². The molecule has 0 aliphatic heterocycles. The first kappa shape index (κ1) is 12.1. The van der Waals surface area contributed by atoms with E-state index in [1.54, 1.807) is 11.8 Å². The molecule has 4 nitrogen and oxygen atoms in total. The maximum atomic E-state index is 9.58. The molecule has 1 atom stereocenters. The average molecular weight is 250 g/mol. The molecule has 17 heavy (non-hydrogen) atoms. The van der Waals surface area contributed by atoms with Crippen LogP contribution in [0.5, 0.6) is 0 Å². The Balaban J connectivity index is 2.24. The molecular formula is C12H14N2O2S. The summed E-state index contributed by atoms with van der Waals surface area (Å²) in [7, 11) is 0. The van der Waals surface area contributed by atoms with E-state index in [1.807, 2.05) is 37.4 Å². The van der Waals surface area contributed by atoms with Crippen LogP contribution in [-0.2, 0) is 0 Å². The molecule has 1 unspecified atom stereocenters. The monoisotopic (exact) mass is 250 g/mol. The van der Waals surface area contributed by atoms with Crippen LogP contribution in [0.1, 0.15) is 25.3 Å². The third-order valence-electron chi connectivity index (χ3n) is 2.46. The second-order valence-corrected chi connectivity index (χ2v) is 4.49. The van der Waals surface area contributed by atoms with Gasteiger partial charge in [-0.3, -0.25) is 0 Å². The Morgan fingerprint density at radius 1 is 1.35 bits per heavy atom. The van der Waals surface area contributed by atoms with Gasteiger partial charge in [0.15, 0.2) is 0 Å². The molecule has 0 amide bonds. The summed E-state index contributed by atoms with van der Waals surface area (Å²) in [5, 5.41) is 13.3. The maximum Gasteiger partial charge on any atom is 0.258 e. The Labute approximate surface area is 104 Å². The van der Waals surface area contributed by atoms with Gasteiger partial charge < -0.3 is 9.63 Å². The molecule has 0 fully saturated rings. The van der Waals surface area contributed by atoms with Crippen LogP contribution < -0.4 is 0 Å². The van der Waals surface area contributed by atoms with E-state index < -0.39 is 6.10 Å². The molecular weight excluding hydrogens is 236 g/mol. The van der Waals surface area contributed by atoms with Crippen LogP contribution in [0.4, 0.5) is 0 Å². The number of hydrogen-bond acceptors (Lipinski definition) is 5. The van der Waals surface area contributed by atoms with Crippen molar-refractivity contribution >= 4 is 11.8 Å². The van der Waals surface area contributed by atoms with Crippen LogP contribution in [0.15, 0.2) is 33.7 Å². The zero-order valence-electron chi connectivity index (χ0n) is 9.75. The predicted molar refractivity (Wildman–Crippen MR) is 66.8 cm³/mol. The Morgan fingerprint density at radius 3 is 2.65 bits per heavy atom. The van der Waals surface area contributed by atoms with Gasteiger partial charge in [0.1, 0.15) is 6.10 Å². The van der Waals surface area contributed by atoms with E-state index in [1.165, 1.54) is 4.90 Å². The van der Waals surface area contributed by atoms with E-state index in [4.69, 9.17) is 4.52 Å². The van der Waals surface area contributed by atoms with Crippen molar-refractivity contribution < 1.29 is 9.63 Å². The summed E-state index contributed by atoms with van der Waals surface area (Å²) in [6.45, 7) is 1.87. The second-order valence-electron chi connectivity index (χ2n) is 3.61. The van der Waals surface area contributed by atoms with E-state index in [0.29, 0.717) is 18.1 Å². The van der Waals surface area contributed by atoms with Crippen LogP contribution >= 0.6 is 11.8 Å². The van der Waals surface area contributed by atoms with Crippen molar-refractivity contribution in [3.8, 4) is 11.5 Å². The van der Waals surface area contributed by atoms with Crippen LogP contribution in [0.3, 0.4) is 0 Å². The van der Waals surface area contributed by atoms with E-state index in [9.17, 15) is 5.11 Å². The first-order chi connectivity index (χ1) is 8.24. The summed E-state index contributed by atoms with van der Waals surface area (Å²) in [6.07, 6.45) is 1.94. The summed E-state index contributed by atoms with van der Waals surface area (Å²) in [5.41, 5.74) is 0.866. The lowest BCUT2D eigenvalue weighted by molar-refractivity contribution is 0.159. The van der Waals surface area contributed by atoms with Gasteiger partial charge in [-0.25, -0.2) is 0 Å². The van der Waals surface area contributed by atoms with Gasteiger partial charge in [-0.2, -0.15) is 4.98 Å². The maximum absolute atomic E-state index is 9.58. The lowest BCUT2D eigenvalue weighted by atomic mass is 10.2. The zero-order chi connectivity index (χ0) is 12.3. The third-order valence-corrected chi connectivity index (χ3v) is 3.21. The normalized spacial score (nSPS) is 12.6. The Bertz CT molecular complexity index is 482. The van der Waals surface area contributed by atoms with E-state index in [-0.39, 0.29) is 0 Å². The summed E-state index contributed by atoms with van der Waals surface area (Å²) in [6, 6.07) is 7.86. The zero-order valence-corrected chi connectivity index (χ0v) is 10.6. The lowest BCUT2D eigenvalue weighted by Gasteiger charge is -1.98. The first-order valence-corrected chi connectivity index (χ1v) is 6.63. The Kier molecular flexibility index (Phi) is 3.81. The fourth-order valence-corrected chi connectivity index (χ4v) is 1.81. The number of benzene rings is 1. The topological polar surface area (TPSA) is 59.2 Å². The largest absolute Gasteiger partial charge is 0.385 e. The van der Waals surface area contributed by atoms with Crippen molar-refractivity contribution in [2.24, 2.45) is 0 Å². The number of aliphatic hydroxyl groups excluding tert-OH is 1. The molecule has 1 aromatic heterocycles. The minimum absolute atomic E-state index is 0.344. The molecule has 90 valence electrons. The molecule has 0 saturated heterocycles. The van der Waals surface area contributed by atoms with E-state index in [0.717, 1.165) is 5.56 Å². The quantitative estimate of drug-likeness (QED) is 0.845. The van der Waals surface area contributed by atoms with Gasteiger partial charge in [0.2, 0.25) is 5.82 Å². The molecule has 0 bridgehead atoms. The number of aliphatic hydroxyl groups is 1. The van der Waals surface area contributed by atoms with Gasteiger partial charge >= 0.3 is 0 Å². The fourth-order valence-electron chi connectivity index (χ4n) is 1.40. The second kappa shape index (κ2) is 5.33. The van der Waals surface area contributed by atoms with Crippen LogP contribution in [0, 0.1) is 0 Å². The molecule has 2 rings (SSSR count). The van der Waals surface area contributed by atoms with Crippen molar-refractivity contribution in [1.29, 1.82) is 0 Å². The first-order valence-electron chi connectivity index (χ1n) is 5.40. The average Bonchev–Trinajstić information content (AvgIpc) is 2.87. The van der Waals surface area contributed by atoms with Gasteiger partial charge in [-0.05, 0) is 36.9 Å². The highest BCUT2D eigenvalue weighted by Crippen LogP contribution is 2.23. The van der Waals surface area contributed by atoms with Crippen LogP contribution in [0.2, 0.25) is 0 Å². The molecule has 2 aromatic rings. The number of thioether (sulfide) groups is 1. The van der Waals surface area contributed by atoms with Gasteiger partial charge in [0.05, 0.1) is 0 Å². The SMILES string of the molecule is CCC(O)c1noc(-c2ccc(SC)cc2)n1. The minimum atomic E-state index is -0.655. The Morgan fingerprint density at radius 2 is 2.06 bits per heavy atom. The lowest BCUT2D eigenvalue weighted by Crippen LogP contribution is -1.97. The van der Waals surface area contributed by atoms with Gasteiger partial charge in [0, 0.05) is 10.5 Å². The van der Waals surface area contributed by atoms with Crippen LogP contribution in [0.25, 0.3) is 11.5 Å². The molecule has 5 heteroatoms. The van der Waals surface area contributed by atoms with Crippen molar-refractivity contribution in [3.63, 3.8) is 0 Å².